The van der Waals surface area contributed by atoms with Gasteiger partial charge in [-0.2, -0.15) is 5.26 Å². The van der Waals surface area contributed by atoms with Gasteiger partial charge in [0.15, 0.2) is 0 Å². The molecule has 7 heteroatoms. The number of nitrogens with one attached hydrogen (secondary N) is 1. The van der Waals surface area contributed by atoms with Crippen LogP contribution >= 0.6 is 15.9 Å². The van der Waals surface area contributed by atoms with Crippen molar-refractivity contribution in [2.45, 2.75) is 12.8 Å². The van der Waals surface area contributed by atoms with Crippen molar-refractivity contribution in [3.63, 3.8) is 0 Å². The first-order valence-corrected chi connectivity index (χ1v) is 8.07. The summed E-state index contributed by atoms with van der Waals surface area (Å²) in [6.07, 6.45) is 0. The predicted octanol–water partition coefficient (Wildman–Crippen LogP) is 3.14. The Bertz CT molecular complexity index is 706. The maximum Gasteiger partial charge on any atom is 0.338 e. The maximum atomic E-state index is 12.5. The largest absolute Gasteiger partial charge is 0.460 e. The number of ether oxygens (including phenoxy) is 3. The quantitative estimate of drug-likeness (QED) is 0.613. The van der Waals surface area contributed by atoms with Crippen molar-refractivity contribution in [1.29, 1.82) is 10.7 Å². The molecule has 0 bridgehead atoms. The summed E-state index contributed by atoms with van der Waals surface area (Å²) < 4.78 is 16.3. The molecule has 0 saturated carbocycles. The number of allylic oxidation sites excluding steroid dienone is 1. The molecular weight excluding hydrogens is 376 g/mol. The molecule has 0 fully saturated rings. The fourth-order valence-electron chi connectivity index (χ4n) is 2.55. The number of methoxy groups -OCH3 is 1. The molecule has 0 radical (unpaired) electrons. The van der Waals surface area contributed by atoms with Crippen LogP contribution in [0, 0.1) is 22.7 Å². The number of hydrogen-bond acceptors (Lipinski definition) is 6. The Morgan fingerprint density at radius 1 is 1.38 bits per heavy atom. The van der Waals surface area contributed by atoms with Crippen LogP contribution in [0.1, 0.15) is 18.4 Å². The first kappa shape index (κ1) is 18.2. The Morgan fingerprint density at radius 2 is 2.04 bits per heavy atom. The van der Waals surface area contributed by atoms with Gasteiger partial charge in [-0.15, -0.1) is 0 Å². The van der Waals surface area contributed by atoms with Gasteiger partial charge in [0.05, 0.1) is 18.2 Å². The molecule has 2 atom stereocenters. The zero-order chi connectivity index (χ0) is 17.7. The molecule has 1 heterocycles. The summed E-state index contributed by atoms with van der Waals surface area (Å²) >= 11 is 3.36. The summed E-state index contributed by atoms with van der Waals surface area (Å²) in [4.78, 5) is 12.5. The maximum absolute atomic E-state index is 12.5. The highest BCUT2D eigenvalue weighted by Gasteiger charge is 2.41. The lowest BCUT2D eigenvalue weighted by Crippen LogP contribution is -2.33. The number of halogens is 1. The number of carbonyl (C=O) groups excluding carboxylic acids is 1. The van der Waals surface area contributed by atoms with E-state index in [1.807, 2.05) is 24.3 Å². The number of nitriles is 1. The minimum Gasteiger partial charge on any atom is -0.460 e. The molecule has 24 heavy (non-hydrogen) atoms. The van der Waals surface area contributed by atoms with E-state index in [1.165, 1.54) is 7.11 Å². The fraction of sp³-hybridized carbons (Fsp3) is 0.353. The Balaban J connectivity index is 2.44. The number of nitrogens with zero attached hydrogens (tertiary/aromatic N) is 1. The first-order valence-electron chi connectivity index (χ1n) is 7.27. The van der Waals surface area contributed by atoms with Crippen LogP contribution in [0.5, 0.6) is 0 Å². The molecule has 2 rings (SSSR count). The molecule has 0 aliphatic carbocycles. The highest BCUT2D eigenvalue weighted by atomic mass is 79.9. The predicted molar refractivity (Wildman–Crippen MR) is 90.3 cm³/mol. The van der Waals surface area contributed by atoms with E-state index >= 15 is 0 Å². The molecule has 0 saturated heterocycles. The molecule has 1 aromatic carbocycles. The lowest BCUT2D eigenvalue weighted by atomic mass is 9.79. The van der Waals surface area contributed by atoms with E-state index in [4.69, 9.17) is 19.6 Å². The summed E-state index contributed by atoms with van der Waals surface area (Å²) in [6, 6.07) is 9.34. The third-order valence-electron chi connectivity index (χ3n) is 3.68. The third kappa shape index (κ3) is 3.83. The van der Waals surface area contributed by atoms with Crippen molar-refractivity contribution in [3.05, 3.63) is 45.6 Å². The van der Waals surface area contributed by atoms with Crippen LogP contribution in [0.15, 0.2) is 40.1 Å². The topological polar surface area (TPSA) is 92.4 Å². The van der Waals surface area contributed by atoms with Crippen LogP contribution in [0.2, 0.25) is 0 Å². The average molecular weight is 393 g/mol. The van der Waals surface area contributed by atoms with Gasteiger partial charge < -0.3 is 14.2 Å². The minimum atomic E-state index is -0.889. The van der Waals surface area contributed by atoms with Crippen molar-refractivity contribution in [3.8, 4) is 6.07 Å². The molecule has 1 aliphatic rings. The molecular formula is C17H17BrN2O4. The van der Waals surface area contributed by atoms with E-state index < -0.39 is 17.8 Å². The van der Waals surface area contributed by atoms with E-state index in [0.717, 1.165) is 10.0 Å². The lowest BCUT2D eigenvalue weighted by Gasteiger charge is -2.30. The average Bonchev–Trinajstić information content (AvgIpc) is 2.55. The zero-order valence-electron chi connectivity index (χ0n) is 13.3. The summed E-state index contributed by atoms with van der Waals surface area (Å²) in [5.41, 5.74) is 1.01. The molecule has 6 nitrogen and oxygen atoms in total. The van der Waals surface area contributed by atoms with Crippen LogP contribution in [-0.2, 0) is 19.0 Å². The van der Waals surface area contributed by atoms with E-state index in [1.54, 1.807) is 6.92 Å². The number of benzene rings is 1. The number of hydrogen-bond donors (Lipinski definition) is 1. The summed E-state index contributed by atoms with van der Waals surface area (Å²) in [7, 11) is 1.51. The molecule has 0 amide bonds. The van der Waals surface area contributed by atoms with Crippen molar-refractivity contribution in [2.24, 2.45) is 5.92 Å². The second-order valence-electron chi connectivity index (χ2n) is 5.20. The van der Waals surface area contributed by atoms with Gasteiger partial charge in [-0.05, 0) is 24.6 Å². The molecule has 126 valence electrons. The van der Waals surface area contributed by atoms with E-state index in [-0.39, 0.29) is 30.4 Å². The van der Waals surface area contributed by atoms with Gasteiger partial charge in [-0.1, -0.05) is 28.1 Å². The molecule has 1 N–H and O–H groups in total. The number of carbonyl (C=O) groups is 1. The van der Waals surface area contributed by atoms with Crippen molar-refractivity contribution < 1.29 is 19.0 Å². The summed E-state index contributed by atoms with van der Waals surface area (Å²) in [6.45, 7) is 1.98. The highest BCUT2D eigenvalue weighted by Crippen LogP contribution is 2.39. The molecule has 1 aromatic rings. The van der Waals surface area contributed by atoms with Crippen LogP contribution in [0.3, 0.4) is 0 Å². The van der Waals surface area contributed by atoms with Gasteiger partial charge in [0.25, 0.3) is 0 Å². The fourth-order valence-corrected chi connectivity index (χ4v) is 2.81. The van der Waals surface area contributed by atoms with Gasteiger partial charge in [0, 0.05) is 17.5 Å². The van der Waals surface area contributed by atoms with Crippen molar-refractivity contribution in [1.82, 2.24) is 0 Å². The van der Waals surface area contributed by atoms with E-state index in [9.17, 15) is 10.1 Å². The standard InChI is InChI=1S/C17H17BrN2O4/c1-10-14(17(21)23-8-7-22-2)15(13(9-19)16(20)24-10)11-3-5-12(18)6-4-11/h3-6,13,15,20H,7-8H2,1-2H3. The lowest BCUT2D eigenvalue weighted by molar-refractivity contribution is -0.141. The molecule has 2 unspecified atom stereocenters. The highest BCUT2D eigenvalue weighted by molar-refractivity contribution is 9.10. The molecule has 0 spiro atoms. The van der Waals surface area contributed by atoms with Crippen LogP contribution in [0.4, 0.5) is 0 Å². The Morgan fingerprint density at radius 3 is 2.62 bits per heavy atom. The first-order chi connectivity index (χ1) is 11.5. The van der Waals surface area contributed by atoms with Gasteiger partial charge in [0.2, 0.25) is 5.90 Å². The van der Waals surface area contributed by atoms with Gasteiger partial charge in [0.1, 0.15) is 18.3 Å². The van der Waals surface area contributed by atoms with Gasteiger partial charge >= 0.3 is 5.97 Å². The van der Waals surface area contributed by atoms with Crippen molar-refractivity contribution in [2.75, 3.05) is 20.3 Å². The minimum absolute atomic E-state index is 0.105. The number of rotatable bonds is 5. The molecule has 0 aromatic heterocycles. The Labute approximate surface area is 148 Å². The smallest absolute Gasteiger partial charge is 0.338 e. The van der Waals surface area contributed by atoms with Crippen molar-refractivity contribution >= 4 is 27.8 Å². The Kier molecular flexibility index (Phi) is 6.12. The van der Waals surface area contributed by atoms with Gasteiger partial charge in [-0.3, -0.25) is 5.41 Å². The molecule has 1 aliphatic heterocycles. The van der Waals surface area contributed by atoms with Gasteiger partial charge in [-0.25, -0.2) is 4.79 Å². The van der Waals surface area contributed by atoms with E-state index in [2.05, 4.69) is 22.0 Å². The Hall–Kier alpha value is -2.17. The summed E-state index contributed by atoms with van der Waals surface area (Å²) in [5.74, 6) is -1.96. The van der Waals surface area contributed by atoms with Crippen LogP contribution in [-0.4, -0.2) is 32.2 Å². The third-order valence-corrected chi connectivity index (χ3v) is 4.21. The monoisotopic (exact) mass is 392 g/mol. The number of esters is 1. The summed E-state index contributed by atoms with van der Waals surface area (Å²) in [5, 5.41) is 17.4. The SMILES string of the molecule is COCCOC(=O)C1=C(C)OC(=N)C(C#N)C1c1ccc(Br)cc1. The zero-order valence-corrected chi connectivity index (χ0v) is 14.9. The second-order valence-corrected chi connectivity index (χ2v) is 6.12. The van der Waals surface area contributed by atoms with E-state index in [0.29, 0.717) is 0 Å². The second kappa shape index (κ2) is 8.08. The van der Waals surface area contributed by atoms with Crippen LogP contribution < -0.4 is 0 Å². The van der Waals surface area contributed by atoms with Crippen LogP contribution in [0.25, 0.3) is 0 Å². The normalized spacial score (nSPS) is 20.3.